The smallest absolute Gasteiger partial charge is 0.270 e. The van der Waals surface area contributed by atoms with Gasteiger partial charge in [-0.05, 0) is 50.1 Å². The van der Waals surface area contributed by atoms with Gasteiger partial charge in [0.05, 0.1) is 11.9 Å². The average Bonchev–Trinajstić information content (AvgIpc) is 2.47. The van der Waals surface area contributed by atoms with Crippen LogP contribution >= 0.6 is 0 Å². The zero-order valence-electron chi connectivity index (χ0n) is 12.7. The maximum atomic E-state index is 11.9. The van der Waals surface area contributed by atoms with E-state index in [-0.39, 0.29) is 11.9 Å². The van der Waals surface area contributed by atoms with Gasteiger partial charge in [0.25, 0.3) is 5.91 Å². The molecule has 0 saturated heterocycles. The molecular weight excluding hydrogens is 262 g/mol. The summed E-state index contributed by atoms with van der Waals surface area (Å²) >= 11 is 0. The van der Waals surface area contributed by atoms with Crippen molar-refractivity contribution in [1.82, 2.24) is 10.3 Å². The normalized spacial score (nSPS) is 11.8. The Morgan fingerprint density at radius 1 is 1.24 bits per heavy atom. The molecule has 0 aliphatic rings. The van der Waals surface area contributed by atoms with Gasteiger partial charge in [-0.2, -0.15) is 0 Å². The van der Waals surface area contributed by atoms with Crippen molar-refractivity contribution < 1.29 is 4.79 Å². The van der Waals surface area contributed by atoms with Crippen LogP contribution in [0.3, 0.4) is 0 Å². The van der Waals surface area contributed by atoms with Crippen molar-refractivity contribution in [3.63, 3.8) is 0 Å². The standard InChI is InChI=1S/C17H21N3O/c1-4-13(3)19-17(21)16-9-8-15(11-18-16)20-14-7-5-6-12(2)10-14/h5-11,13,20H,4H2,1-3H3,(H,19,21). The number of carbonyl (C=O) groups excluding carboxylic acids is 1. The fraction of sp³-hybridized carbons (Fsp3) is 0.294. The van der Waals surface area contributed by atoms with Crippen molar-refractivity contribution in [1.29, 1.82) is 0 Å². The fourth-order valence-electron chi connectivity index (χ4n) is 1.89. The number of anilines is 2. The molecule has 1 atom stereocenters. The molecule has 21 heavy (non-hydrogen) atoms. The minimum atomic E-state index is -0.133. The third kappa shape index (κ3) is 4.31. The van der Waals surface area contributed by atoms with E-state index in [4.69, 9.17) is 0 Å². The van der Waals surface area contributed by atoms with E-state index < -0.39 is 0 Å². The van der Waals surface area contributed by atoms with Gasteiger partial charge in [-0.25, -0.2) is 4.98 Å². The summed E-state index contributed by atoms with van der Waals surface area (Å²) in [4.78, 5) is 16.1. The highest BCUT2D eigenvalue weighted by Crippen LogP contribution is 2.16. The van der Waals surface area contributed by atoms with Gasteiger partial charge in [0.1, 0.15) is 5.69 Å². The number of hydrogen-bond donors (Lipinski definition) is 2. The molecule has 0 saturated carbocycles. The molecule has 110 valence electrons. The van der Waals surface area contributed by atoms with Crippen molar-refractivity contribution in [2.24, 2.45) is 0 Å². The highest BCUT2D eigenvalue weighted by atomic mass is 16.1. The van der Waals surface area contributed by atoms with Crippen LogP contribution in [0.15, 0.2) is 42.6 Å². The lowest BCUT2D eigenvalue weighted by Gasteiger charge is -2.11. The summed E-state index contributed by atoms with van der Waals surface area (Å²) in [6.45, 7) is 6.06. The van der Waals surface area contributed by atoms with E-state index in [1.165, 1.54) is 5.56 Å². The van der Waals surface area contributed by atoms with E-state index in [0.717, 1.165) is 17.8 Å². The molecule has 1 unspecified atom stereocenters. The van der Waals surface area contributed by atoms with Crippen molar-refractivity contribution in [2.45, 2.75) is 33.2 Å². The number of nitrogens with zero attached hydrogens (tertiary/aromatic N) is 1. The molecule has 2 aromatic rings. The van der Waals surface area contributed by atoms with Crippen LogP contribution in [0, 0.1) is 6.92 Å². The van der Waals surface area contributed by atoms with Crippen molar-refractivity contribution in [3.8, 4) is 0 Å². The van der Waals surface area contributed by atoms with Gasteiger partial charge < -0.3 is 10.6 Å². The third-order valence-electron chi connectivity index (χ3n) is 3.29. The average molecular weight is 283 g/mol. The predicted molar refractivity (Wildman–Crippen MR) is 85.9 cm³/mol. The number of rotatable bonds is 5. The van der Waals surface area contributed by atoms with E-state index in [9.17, 15) is 4.79 Å². The zero-order chi connectivity index (χ0) is 15.2. The maximum Gasteiger partial charge on any atom is 0.270 e. The van der Waals surface area contributed by atoms with Gasteiger partial charge in [0.15, 0.2) is 0 Å². The summed E-state index contributed by atoms with van der Waals surface area (Å²) in [6, 6.07) is 11.9. The lowest BCUT2D eigenvalue weighted by Crippen LogP contribution is -2.32. The zero-order valence-corrected chi connectivity index (χ0v) is 12.7. The first-order valence-electron chi connectivity index (χ1n) is 7.19. The molecule has 0 aliphatic heterocycles. The number of hydrogen-bond acceptors (Lipinski definition) is 3. The summed E-state index contributed by atoms with van der Waals surface area (Å²) in [7, 11) is 0. The number of aromatic nitrogens is 1. The monoisotopic (exact) mass is 283 g/mol. The molecule has 0 spiro atoms. The Kier molecular flexibility index (Phi) is 4.93. The maximum absolute atomic E-state index is 11.9. The number of aryl methyl sites for hydroxylation is 1. The summed E-state index contributed by atoms with van der Waals surface area (Å²) in [5, 5.41) is 6.17. The first kappa shape index (κ1) is 15.0. The SMILES string of the molecule is CCC(C)NC(=O)c1ccc(Nc2cccc(C)c2)cn1. The highest BCUT2D eigenvalue weighted by Gasteiger charge is 2.09. The molecule has 4 nitrogen and oxygen atoms in total. The molecule has 1 aromatic carbocycles. The van der Waals surface area contributed by atoms with Gasteiger partial charge >= 0.3 is 0 Å². The lowest BCUT2D eigenvalue weighted by atomic mass is 10.2. The van der Waals surface area contributed by atoms with Gasteiger partial charge in [-0.3, -0.25) is 4.79 Å². The van der Waals surface area contributed by atoms with Crippen LogP contribution in [-0.4, -0.2) is 16.9 Å². The number of pyridine rings is 1. The number of amides is 1. The second kappa shape index (κ2) is 6.88. The van der Waals surface area contributed by atoms with Gasteiger partial charge in [-0.1, -0.05) is 19.1 Å². The topological polar surface area (TPSA) is 54.0 Å². The van der Waals surface area contributed by atoms with Gasteiger partial charge in [-0.15, -0.1) is 0 Å². The van der Waals surface area contributed by atoms with Crippen LogP contribution in [0.25, 0.3) is 0 Å². The Labute approximate surface area is 125 Å². The minimum Gasteiger partial charge on any atom is -0.354 e. The molecular formula is C17H21N3O. The molecule has 2 rings (SSSR count). The first-order valence-corrected chi connectivity index (χ1v) is 7.19. The molecule has 2 N–H and O–H groups in total. The Bertz CT molecular complexity index is 608. The van der Waals surface area contributed by atoms with Crippen LogP contribution in [0.5, 0.6) is 0 Å². The van der Waals surface area contributed by atoms with Crippen LogP contribution in [0.4, 0.5) is 11.4 Å². The molecule has 1 aromatic heterocycles. The molecule has 1 heterocycles. The quantitative estimate of drug-likeness (QED) is 0.880. The molecule has 4 heteroatoms. The van der Waals surface area contributed by atoms with E-state index in [0.29, 0.717) is 5.69 Å². The Morgan fingerprint density at radius 2 is 2.05 bits per heavy atom. The van der Waals surface area contributed by atoms with Crippen LogP contribution < -0.4 is 10.6 Å². The Balaban J connectivity index is 2.03. The summed E-state index contributed by atoms with van der Waals surface area (Å²) in [5.74, 6) is -0.133. The van der Waals surface area contributed by atoms with Crippen LogP contribution in [0.1, 0.15) is 36.3 Å². The van der Waals surface area contributed by atoms with E-state index in [1.54, 1.807) is 12.3 Å². The van der Waals surface area contributed by atoms with E-state index in [1.807, 2.05) is 45.0 Å². The first-order chi connectivity index (χ1) is 10.1. The van der Waals surface area contributed by atoms with Crippen molar-refractivity contribution in [3.05, 3.63) is 53.9 Å². The predicted octanol–water partition coefficient (Wildman–Crippen LogP) is 3.66. The van der Waals surface area contributed by atoms with E-state index in [2.05, 4.69) is 21.7 Å². The lowest BCUT2D eigenvalue weighted by molar-refractivity contribution is 0.0934. The molecule has 0 bridgehead atoms. The van der Waals surface area contributed by atoms with Crippen LogP contribution in [0.2, 0.25) is 0 Å². The second-order valence-corrected chi connectivity index (χ2v) is 5.21. The number of nitrogens with one attached hydrogen (secondary N) is 2. The molecule has 1 amide bonds. The van der Waals surface area contributed by atoms with E-state index >= 15 is 0 Å². The van der Waals surface area contributed by atoms with Crippen molar-refractivity contribution in [2.75, 3.05) is 5.32 Å². The third-order valence-corrected chi connectivity index (χ3v) is 3.29. The summed E-state index contributed by atoms with van der Waals surface area (Å²) in [5.41, 5.74) is 3.50. The molecule has 0 fully saturated rings. The summed E-state index contributed by atoms with van der Waals surface area (Å²) in [6.07, 6.45) is 2.58. The van der Waals surface area contributed by atoms with Crippen molar-refractivity contribution >= 4 is 17.3 Å². The largest absolute Gasteiger partial charge is 0.354 e. The number of carbonyl (C=O) groups is 1. The second-order valence-electron chi connectivity index (χ2n) is 5.21. The molecule has 0 aliphatic carbocycles. The Morgan fingerprint density at radius 3 is 2.67 bits per heavy atom. The fourth-order valence-corrected chi connectivity index (χ4v) is 1.89. The van der Waals surface area contributed by atoms with Gasteiger partial charge in [0.2, 0.25) is 0 Å². The molecule has 0 radical (unpaired) electrons. The summed E-state index contributed by atoms with van der Waals surface area (Å²) < 4.78 is 0. The highest BCUT2D eigenvalue weighted by molar-refractivity contribution is 5.92. The minimum absolute atomic E-state index is 0.133. The van der Waals surface area contributed by atoms with Crippen LogP contribution in [-0.2, 0) is 0 Å². The van der Waals surface area contributed by atoms with Gasteiger partial charge in [0, 0.05) is 11.7 Å². The number of benzene rings is 1. The Hall–Kier alpha value is -2.36.